The minimum Gasteiger partial charge on any atom is -0.370 e. The molecule has 0 radical (unpaired) electrons. The molecular formula is C29H32FN5O. The van der Waals surface area contributed by atoms with Crippen LogP contribution in [0, 0.1) is 26.6 Å². The Morgan fingerprint density at radius 3 is 2.44 bits per heavy atom. The van der Waals surface area contributed by atoms with Gasteiger partial charge in [0.25, 0.3) is 5.91 Å². The van der Waals surface area contributed by atoms with Crippen molar-refractivity contribution in [2.24, 2.45) is 0 Å². The lowest BCUT2D eigenvalue weighted by molar-refractivity contribution is 0.0944. The molecule has 5 rings (SSSR count). The van der Waals surface area contributed by atoms with Crippen LogP contribution in [-0.2, 0) is 6.54 Å². The summed E-state index contributed by atoms with van der Waals surface area (Å²) in [6.45, 7) is 9.52. The lowest BCUT2D eigenvalue weighted by Crippen LogP contribution is -2.31. The predicted molar refractivity (Wildman–Crippen MR) is 142 cm³/mol. The van der Waals surface area contributed by atoms with Crippen LogP contribution in [0.25, 0.3) is 5.65 Å². The minimum atomic E-state index is -0.257. The van der Waals surface area contributed by atoms with Crippen molar-refractivity contribution in [3.8, 4) is 0 Å². The summed E-state index contributed by atoms with van der Waals surface area (Å²) >= 11 is 0. The number of pyridine rings is 1. The van der Waals surface area contributed by atoms with Crippen molar-refractivity contribution in [3.63, 3.8) is 0 Å². The van der Waals surface area contributed by atoms with Crippen molar-refractivity contribution < 1.29 is 9.18 Å². The number of nitrogens with zero attached hydrogens (tertiary/aromatic N) is 4. The van der Waals surface area contributed by atoms with Gasteiger partial charge in [-0.2, -0.15) is 0 Å². The normalized spacial score (nSPS) is 14.2. The molecule has 1 amide bonds. The van der Waals surface area contributed by atoms with Gasteiger partial charge in [-0.15, -0.1) is 0 Å². The van der Waals surface area contributed by atoms with Gasteiger partial charge in [-0.3, -0.25) is 9.20 Å². The molecule has 4 aromatic rings. The number of imidazole rings is 1. The van der Waals surface area contributed by atoms with Gasteiger partial charge in [0, 0.05) is 44.6 Å². The second kappa shape index (κ2) is 10.0. The zero-order valence-electron chi connectivity index (χ0n) is 21.1. The van der Waals surface area contributed by atoms with Crippen molar-refractivity contribution in [1.82, 2.24) is 14.7 Å². The Balaban J connectivity index is 1.24. The number of rotatable bonds is 5. The van der Waals surface area contributed by atoms with Crippen LogP contribution in [0.5, 0.6) is 0 Å². The monoisotopic (exact) mass is 485 g/mol. The van der Waals surface area contributed by atoms with Gasteiger partial charge in [-0.05, 0) is 74.7 Å². The molecule has 0 atom stereocenters. The van der Waals surface area contributed by atoms with E-state index in [1.54, 1.807) is 4.40 Å². The summed E-state index contributed by atoms with van der Waals surface area (Å²) in [7, 11) is 0. The number of halogens is 1. The van der Waals surface area contributed by atoms with E-state index in [-0.39, 0.29) is 18.3 Å². The lowest BCUT2D eigenvalue weighted by Gasteiger charge is -2.25. The first-order chi connectivity index (χ1) is 17.4. The van der Waals surface area contributed by atoms with Crippen LogP contribution < -0.4 is 15.1 Å². The number of aryl methyl sites for hydroxylation is 3. The molecule has 2 aromatic carbocycles. The van der Waals surface area contributed by atoms with E-state index in [1.165, 1.54) is 17.3 Å². The Morgan fingerprint density at radius 2 is 1.67 bits per heavy atom. The number of amides is 1. The van der Waals surface area contributed by atoms with Gasteiger partial charge >= 0.3 is 0 Å². The first-order valence-electron chi connectivity index (χ1n) is 12.5. The summed E-state index contributed by atoms with van der Waals surface area (Å²) in [4.78, 5) is 21.9. The standard InChI is InChI=1S/C29H32FN5O/c1-20-5-8-24(9-6-20)33-12-4-13-34(16-15-33)26-10-7-23(18-25(26)30)19-31-29(36)28-22(3)32-27-17-21(2)11-14-35(27)28/h5-11,14,17-18H,4,12-13,15-16,19H2,1-3H3,(H,31,36). The van der Waals surface area contributed by atoms with Gasteiger partial charge < -0.3 is 15.1 Å². The van der Waals surface area contributed by atoms with E-state index < -0.39 is 0 Å². The summed E-state index contributed by atoms with van der Waals surface area (Å²) in [5.41, 5.74) is 6.80. The van der Waals surface area contributed by atoms with Crippen molar-refractivity contribution >= 4 is 22.9 Å². The van der Waals surface area contributed by atoms with E-state index in [0.29, 0.717) is 17.1 Å². The summed E-state index contributed by atoms with van der Waals surface area (Å²) in [6, 6.07) is 17.7. The fourth-order valence-electron chi connectivity index (χ4n) is 4.89. The summed E-state index contributed by atoms with van der Waals surface area (Å²) in [5, 5.41) is 2.93. The van der Waals surface area contributed by atoms with Crippen molar-refractivity contribution in [2.45, 2.75) is 33.7 Å². The fraction of sp³-hybridized carbons (Fsp3) is 0.310. The SMILES string of the molecule is Cc1ccc(N2CCCN(c3ccc(CNC(=O)c4c(C)nc5cc(C)ccn45)cc3F)CC2)cc1. The molecule has 1 N–H and O–H groups in total. The van der Waals surface area contributed by atoms with Gasteiger partial charge in [0.05, 0.1) is 11.4 Å². The molecule has 1 aliphatic heterocycles. The zero-order valence-corrected chi connectivity index (χ0v) is 21.1. The summed E-state index contributed by atoms with van der Waals surface area (Å²) < 4.78 is 16.9. The fourth-order valence-corrected chi connectivity index (χ4v) is 4.89. The van der Waals surface area contributed by atoms with E-state index in [0.717, 1.165) is 49.4 Å². The van der Waals surface area contributed by atoms with E-state index in [2.05, 4.69) is 51.3 Å². The number of carbonyl (C=O) groups is 1. The maximum atomic E-state index is 15.2. The van der Waals surface area contributed by atoms with Crippen LogP contribution in [0.15, 0.2) is 60.8 Å². The molecule has 0 saturated carbocycles. The number of carbonyl (C=O) groups excluding carboxylic acids is 1. The predicted octanol–water partition coefficient (Wildman–Crippen LogP) is 5.05. The zero-order chi connectivity index (χ0) is 25.2. The van der Waals surface area contributed by atoms with Gasteiger partial charge in [-0.25, -0.2) is 9.37 Å². The highest BCUT2D eigenvalue weighted by Gasteiger charge is 2.19. The van der Waals surface area contributed by atoms with Crippen LogP contribution in [0.1, 0.15) is 39.3 Å². The van der Waals surface area contributed by atoms with E-state index >= 15 is 4.39 Å². The van der Waals surface area contributed by atoms with Crippen LogP contribution in [0.3, 0.4) is 0 Å². The molecule has 0 unspecified atom stereocenters. The molecule has 2 aromatic heterocycles. The van der Waals surface area contributed by atoms with E-state index in [1.807, 2.05) is 44.3 Å². The first kappa shape index (κ1) is 23.9. The van der Waals surface area contributed by atoms with Crippen molar-refractivity contribution in [1.29, 1.82) is 0 Å². The molecule has 1 saturated heterocycles. The summed E-state index contributed by atoms with van der Waals surface area (Å²) in [5.74, 6) is -0.482. The maximum Gasteiger partial charge on any atom is 0.270 e. The Bertz CT molecular complexity index is 1400. The smallest absolute Gasteiger partial charge is 0.270 e. The number of hydrogen-bond acceptors (Lipinski definition) is 4. The molecule has 186 valence electrons. The van der Waals surface area contributed by atoms with Crippen LogP contribution in [0.4, 0.5) is 15.8 Å². The molecule has 7 heteroatoms. The third kappa shape index (κ3) is 4.91. The second-order valence-electron chi connectivity index (χ2n) is 9.61. The topological polar surface area (TPSA) is 52.9 Å². The van der Waals surface area contributed by atoms with E-state index in [4.69, 9.17) is 0 Å². The highest BCUT2D eigenvalue weighted by molar-refractivity contribution is 5.94. The largest absolute Gasteiger partial charge is 0.370 e. The van der Waals surface area contributed by atoms with Gasteiger partial charge in [0.2, 0.25) is 0 Å². The van der Waals surface area contributed by atoms with Gasteiger partial charge in [0.1, 0.15) is 17.2 Å². The first-order valence-corrected chi connectivity index (χ1v) is 12.5. The number of nitrogens with one attached hydrogen (secondary N) is 1. The molecule has 3 heterocycles. The second-order valence-corrected chi connectivity index (χ2v) is 9.61. The van der Waals surface area contributed by atoms with Crippen molar-refractivity contribution in [3.05, 3.63) is 94.7 Å². The van der Waals surface area contributed by atoms with Gasteiger partial charge in [-0.1, -0.05) is 23.8 Å². The number of hydrogen-bond donors (Lipinski definition) is 1. The molecule has 36 heavy (non-hydrogen) atoms. The number of benzene rings is 2. The molecule has 1 fully saturated rings. The Hall–Kier alpha value is -3.87. The Labute approximate surface area is 211 Å². The molecule has 1 aliphatic rings. The van der Waals surface area contributed by atoms with Crippen LogP contribution in [0.2, 0.25) is 0 Å². The Morgan fingerprint density at radius 1 is 0.917 bits per heavy atom. The van der Waals surface area contributed by atoms with Crippen LogP contribution in [-0.4, -0.2) is 41.5 Å². The third-order valence-electron chi connectivity index (χ3n) is 6.87. The molecule has 0 aliphatic carbocycles. The quantitative estimate of drug-likeness (QED) is 0.430. The highest BCUT2D eigenvalue weighted by Crippen LogP contribution is 2.24. The van der Waals surface area contributed by atoms with Crippen molar-refractivity contribution in [2.75, 3.05) is 36.0 Å². The lowest BCUT2D eigenvalue weighted by atomic mass is 10.1. The highest BCUT2D eigenvalue weighted by atomic mass is 19.1. The Kier molecular flexibility index (Phi) is 6.63. The van der Waals surface area contributed by atoms with Crippen LogP contribution >= 0.6 is 0 Å². The molecule has 6 nitrogen and oxygen atoms in total. The minimum absolute atomic E-state index is 0.225. The van der Waals surface area contributed by atoms with E-state index in [9.17, 15) is 4.79 Å². The number of anilines is 2. The van der Waals surface area contributed by atoms with Gasteiger partial charge in [0.15, 0.2) is 0 Å². The molecule has 0 spiro atoms. The average Bonchev–Trinajstić information content (AvgIpc) is 3.01. The average molecular weight is 486 g/mol. The number of fused-ring (bicyclic) bond motifs is 1. The maximum absolute atomic E-state index is 15.2. The third-order valence-corrected chi connectivity index (χ3v) is 6.87. The molecule has 0 bridgehead atoms. The molecular weight excluding hydrogens is 453 g/mol. The summed E-state index contributed by atoms with van der Waals surface area (Å²) in [6.07, 6.45) is 2.82. The number of aromatic nitrogens is 2.